The number of aromatic nitrogens is 3. The van der Waals surface area contributed by atoms with Gasteiger partial charge in [0.05, 0.1) is 11.2 Å². The third-order valence-corrected chi connectivity index (χ3v) is 5.14. The van der Waals surface area contributed by atoms with Crippen molar-refractivity contribution < 1.29 is 4.74 Å². The fraction of sp³-hybridized carbons (Fsp3) is 0.286. The molecule has 1 radical (unpaired) electrons. The summed E-state index contributed by atoms with van der Waals surface area (Å²) in [4.78, 5) is 5.89. The van der Waals surface area contributed by atoms with E-state index in [9.17, 15) is 0 Å². The lowest BCUT2D eigenvalue weighted by Crippen LogP contribution is -2.44. The number of nitrogens with zero attached hydrogens (tertiary/aromatic N) is 2. The molecule has 0 spiro atoms. The van der Waals surface area contributed by atoms with E-state index in [-0.39, 0.29) is 0 Å². The number of piperazine rings is 1. The van der Waals surface area contributed by atoms with E-state index in [4.69, 9.17) is 4.74 Å². The summed E-state index contributed by atoms with van der Waals surface area (Å²) in [5.41, 5.74) is 4.00. The van der Waals surface area contributed by atoms with Gasteiger partial charge in [0.1, 0.15) is 18.1 Å². The summed E-state index contributed by atoms with van der Waals surface area (Å²) in [6, 6.07) is 17.3. The molecule has 0 aliphatic carbocycles. The topological polar surface area (TPSA) is 69.0 Å². The fourth-order valence-corrected chi connectivity index (χ4v) is 3.66. The summed E-state index contributed by atoms with van der Waals surface area (Å²) in [7, 11) is 0. The molecule has 4 aromatic rings. The molecule has 27 heavy (non-hydrogen) atoms. The van der Waals surface area contributed by atoms with Crippen LogP contribution in [0, 0.1) is 6.07 Å². The van der Waals surface area contributed by atoms with Crippen molar-refractivity contribution in [2.45, 2.75) is 0 Å². The van der Waals surface area contributed by atoms with Crippen LogP contribution >= 0.6 is 0 Å². The van der Waals surface area contributed by atoms with Crippen LogP contribution in [-0.4, -0.2) is 59.4 Å². The van der Waals surface area contributed by atoms with Crippen molar-refractivity contribution >= 4 is 21.8 Å². The first-order chi connectivity index (χ1) is 13.4. The second-order valence-electron chi connectivity index (χ2n) is 6.92. The molecule has 6 heteroatoms. The Morgan fingerprint density at radius 2 is 2.04 bits per heavy atom. The van der Waals surface area contributed by atoms with Crippen molar-refractivity contribution in [1.29, 1.82) is 0 Å². The Balaban J connectivity index is 1.34. The zero-order valence-electron chi connectivity index (χ0n) is 15.1. The fourth-order valence-electron chi connectivity index (χ4n) is 3.66. The average molecular weight is 360 g/mol. The molecule has 1 fully saturated rings. The van der Waals surface area contributed by atoms with E-state index in [0.717, 1.165) is 71.7 Å². The lowest BCUT2D eigenvalue weighted by molar-refractivity contribution is 0.191. The van der Waals surface area contributed by atoms with Crippen LogP contribution in [0.3, 0.4) is 0 Å². The molecule has 3 heterocycles. The van der Waals surface area contributed by atoms with Crippen LogP contribution in [0.15, 0.2) is 42.5 Å². The SMILES string of the molecule is [c]1ccc2[nH]nc(-c3cc4cc(OCCN5CCNCC5)ccc4[nH]3)c2c1. The van der Waals surface area contributed by atoms with E-state index < -0.39 is 0 Å². The molecule has 0 unspecified atom stereocenters. The predicted molar refractivity (Wildman–Crippen MR) is 107 cm³/mol. The molecule has 2 aromatic carbocycles. The minimum Gasteiger partial charge on any atom is -0.492 e. The zero-order chi connectivity index (χ0) is 18.1. The molecule has 2 aromatic heterocycles. The number of fused-ring (bicyclic) bond motifs is 2. The Bertz CT molecular complexity index is 1060. The minimum atomic E-state index is 0.711. The molecule has 0 bridgehead atoms. The van der Waals surface area contributed by atoms with E-state index in [0.29, 0.717) is 6.61 Å². The molecule has 1 aliphatic heterocycles. The quantitative estimate of drug-likeness (QED) is 0.512. The Hall–Kier alpha value is -2.83. The first-order valence-electron chi connectivity index (χ1n) is 9.40. The van der Waals surface area contributed by atoms with Gasteiger partial charge >= 0.3 is 0 Å². The van der Waals surface area contributed by atoms with Crippen LogP contribution in [-0.2, 0) is 0 Å². The van der Waals surface area contributed by atoms with E-state index >= 15 is 0 Å². The molecule has 0 saturated carbocycles. The standard InChI is InChI=1S/C21H22N5O/c1-2-4-19-17(3-1)21(25-24-19)20-14-15-13-16(5-6-18(15)23-20)27-12-11-26-9-7-22-8-10-26/h2-6,13-14,22-23H,7-12H2,(H,24,25). The molecule has 6 nitrogen and oxygen atoms in total. The number of hydrogen-bond acceptors (Lipinski definition) is 4. The van der Waals surface area contributed by atoms with Crippen molar-refractivity contribution in [2.75, 3.05) is 39.3 Å². The molecule has 0 atom stereocenters. The Morgan fingerprint density at radius 1 is 1.11 bits per heavy atom. The van der Waals surface area contributed by atoms with Crippen molar-refractivity contribution in [3.63, 3.8) is 0 Å². The van der Waals surface area contributed by atoms with Crippen molar-refractivity contribution in [3.8, 4) is 17.1 Å². The van der Waals surface area contributed by atoms with Gasteiger partial charge in [0, 0.05) is 49.0 Å². The van der Waals surface area contributed by atoms with Crippen molar-refractivity contribution in [1.82, 2.24) is 25.4 Å². The van der Waals surface area contributed by atoms with E-state index in [1.165, 1.54) is 0 Å². The predicted octanol–water partition coefficient (Wildman–Crippen LogP) is 2.80. The number of H-pyrrole nitrogens is 2. The van der Waals surface area contributed by atoms with Gasteiger partial charge in [-0.15, -0.1) is 0 Å². The van der Waals surface area contributed by atoms with Gasteiger partial charge in [-0.05, 0) is 42.5 Å². The highest BCUT2D eigenvalue weighted by atomic mass is 16.5. The first-order valence-corrected chi connectivity index (χ1v) is 9.40. The summed E-state index contributed by atoms with van der Waals surface area (Å²) in [6.45, 7) is 6.00. The zero-order valence-corrected chi connectivity index (χ0v) is 15.1. The number of ether oxygens (including phenoxy) is 1. The van der Waals surface area contributed by atoms with Gasteiger partial charge < -0.3 is 15.0 Å². The second kappa shape index (κ2) is 7.06. The third kappa shape index (κ3) is 3.29. The molecular formula is C21H22N5O. The maximum absolute atomic E-state index is 5.98. The molecule has 0 amide bonds. The second-order valence-corrected chi connectivity index (χ2v) is 6.92. The van der Waals surface area contributed by atoms with Crippen LogP contribution in [0.25, 0.3) is 33.2 Å². The van der Waals surface area contributed by atoms with E-state index in [1.54, 1.807) is 0 Å². The number of nitrogens with one attached hydrogen (secondary N) is 3. The summed E-state index contributed by atoms with van der Waals surface area (Å²) >= 11 is 0. The van der Waals surface area contributed by atoms with Gasteiger partial charge in [-0.25, -0.2) is 0 Å². The monoisotopic (exact) mass is 360 g/mol. The van der Waals surface area contributed by atoms with Gasteiger partial charge in [0.15, 0.2) is 0 Å². The van der Waals surface area contributed by atoms with Crippen molar-refractivity contribution in [2.24, 2.45) is 0 Å². The first kappa shape index (κ1) is 16.4. The van der Waals surface area contributed by atoms with E-state index in [2.05, 4.69) is 49.7 Å². The number of hydrogen-bond donors (Lipinski definition) is 3. The molecule has 3 N–H and O–H groups in total. The summed E-state index contributed by atoms with van der Waals surface area (Å²) in [5, 5.41) is 13.1. The summed E-state index contributed by atoms with van der Waals surface area (Å²) < 4.78 is 5.98. The smallest absolute Gasteiger partial charge is 0.120 e. The Kier molecular flexibility index (Phi) is 4.27. The molecule has 1 aliphatic rings. The average Bonchev–Trinajstić information content (AvgIpc) is 3.32. The number of benzene rings is 2. The van der Waals surface area contributed by atoms with E-state index in [1.807, 2.05) is 24.3 Å². The Morgan fingerprint density at radius 3 is 2.96 bits per heavy atom. The summed E-state index contributed by atoms with van der Waals surface area (Å²) in [6.07, 6.45) is 0. The molecule has 5 rings (SSSR count). The lowest BCUT2D eigenvalue weighted by atomic mass is 10.1. The number of aromatic amines is 2. The van der Waals surface area contributed by atoms with Gasteiger partial charge in [-0.2, -0.15) is 5.10 Å². The van der Waals surface area contributed by atoms with Crippen LogP contribution in [0.1, 0.15) is 0 Å². The van der Waals surface area contributed by atoms with Gasteiger partial charge in [-0.1, -0.05) is 6.07 Å². The normalized spacial score (nSPS) is 15.6. The third-order valence-electron chi connectivity index (χ3n) is 5.14. The molecule has 1 saturated heterocycles. The highest BCUT2D eigenvalue weighted by Gasteiger charge is 2.12. The van der Waals surface area contributed by atoms with Crippen LogP contribution in [0.4, 0.5) is 0 Å². The van der Waals surface area contributed by atoms with Crippen molar-refractivity contribution in [3.05, 3.63) is 48.5 Å². The van der Waals surface area contributed by atoms with Crippen LogP contribution < -0.4 is 10.1 Å². The lowest BCUT2D eigenvalue weighted by Gasteiger charge is -2.26. The highest BCUT2D eigenvalue weighted by molar-refractivity contribution is 5.95. The minimum absolute atomic E-state index is 0.711. The van der Waals surface area contributed by atoms with Gasteiger partial charge in [0.25, 0.3) is 0 Å². The van der Waals surface area contributed by atoms with Gasteiger partial charge in [0.2, 0.25) is 0 Å². The largest absolute Gasteiger partial charge is 0.492 e. The molecular weight excluding hydrogens is 338 g/mol. The highest BCUT2D eigenvalue weighted by Crippen LogP contribution is 2.30. The number of rotatable bonds is 5. The maximum atomic E-state index is 5.98. The van der Waals surface area contributed by atoms with Gasteiger partial charge in [-0.3, -0.25) is 10.00 Å². The Labute approximate surface area is 157 Å². The maximum Gasteiger partial charge on any atom is 0.120 e. The van der Waals surface area contributed by atoms with Crippen LogP contribution in [0.5, 0.6) is 5.75 Å². The summed E-state index contributed by atoms with van der Waals surface area (Å²) in [5.74, 6) is 0.906. The van der Waals surface area contributed by atoms with Crippen LogP contribution in [0.2, 0.25) is 0 Å². The molecule has 137 valence electrons.